The zero-order valence-corrected chi connectivity index (χ0v) is 17.4. The predicted octanol–water partition coefficient (Wildman–Crippen LogP) is 1.83. The molecule has 1 fully saturated rings. The number of rotatable bonds is 5. The number of para-hydroxylation sites is 1. The molecule has 1 atom stereocenters. The molecular formula is C21H20N6O3S. The van der Waals surface area contributed by atoms with Crippen molar-refractivity contribution >= 4 is 20.9 Å². The van der Waals surface area contributed by atoms with Gasteiger partial charge in [0, 0.05) is 42.6 Å². The van der Waals surface area contributed by atoms with Crippen LogP contribution in [0.15, 0.2) is 77.1 Å². The minimum atomic E-state index is -3.79. The van der Waals surface area contributed by atoms with Gasteiger partial charge in [-0.1, -0.05) is 18.2 Å². The van der Waals surface area contributed by atoms with Crippen LogP contribution in [0.3, 0.4) is 0 Å². The van der Waals surface area contributed by atoms with Gasteiger partial charge in [-0.25, -0.2) is 18.1 Å². The van der Waals surface area contributed by atoms with E-state index < -0.39 is 10.0 Å². The predicted molar refractivity (Wildman–Crippen MR) is 114 cm³/mol. The van der Waals surface area contributed by atoms with Gasteiger partial charge in [-0.05, 0) is 31.0 Å². The van der Waals surface area contributed by atoms with Crippen LogP contribution in [-0.4, -0.2) is 49.6 Å². The molecule has 0 amide bonds. The lowest BCUT2D eigenvalue weighted by Gasteiger charge is -2.24. The van der Waals surface area contributed by atoms with Gasteiger partial charge in [-0.2, -0.15) is 9.40 Å². The SMILES string of the molecule is O=c1ccc(-n2ccnc2)nn1CC1CCCN1S(=O)(=O)c1cccc2cccnc12. The number of nitrogens with zero attached hydrogens (tertiary/aromatic N) is 6. The average molecular weight is 436 g/mol. The maximum atomic E-state index is 13.6. The summed E-state index contributed by atoms with van der Waals surface area (Å²) in [7, 11) is -3.79. The van der Waals surface area contributed by atoms with Crippen molar-refractivity contribution in [3.63, 3.8) is 0 Å². The van der Waals surface area contributed by atoms with E-state index in [1.807, 2.05) is 12.1 Å². The highest BCUT2D eigenvalue weighted by Gasteiger charge is 2.36. The Labute approximate surface area is 178 Å². The van der Waals surface area contributed by atoms with E-state index in [1.54, 1.807) is 53.8 Å². The Kier molecular flexibility index (Phi) is 4.87. The minimum absolute atomic E-state index is 0.179. The van der Waals surface area contributed by atoms with Crippen LogP contribution in [0.5, 0.6) is 0 Å². The molecule has 1 unspecified atom stereocenters. The molecule has 1 saturated heterocycles. The fourth-order valence-corrected chi connectivity index (χ4v) is 5.87. The topological polar surface area (TPSA) is 103 Å². The lowest BCUT2D eigenvalue weighted by molar-refractivity contribution is 0.335. The van der Waals surface area contributed by atoms with Crippen LogP contribution >= 0.6 is 0 Å². The summed E-state index contributed by atoms with van der Waals surface area (Å²) in [4.78, 5) is 20.9. The third kappa shape index (κ3) is 3.53. The summed E-state index contributed by atoms with van der Waals surface area (Å²) < 4.78 is 31.6. The molecule has 0 N–H and O–H groups in total. The van der Waals surface area contributed by atoms with Crippen LogP contribution in [0.2, 0.25) is 0 Å². The molecule has 10 heteroatoms. The maximum absolute atomic E-state index is 13.6. The molecule has 4 aromatic rings. The normalized spacial score (nSPS) is 17.4. The van der Waals surface area contributed by atoms with Gasteiger partial charge in [0.05, 0.1) is 12.1 Å². The Morgan fingerprint density at radius 3 is 2.77 bits per heavy atom. The van der Waals surface area contributed by atoms with Crippen LogP contribution in [0.1, 0.15) is 12.8 Å². The van der Waals surface area contributed by atoms with E-state index in [4.69, 9.17) is 0 Å². The van der Waals surface area contributed by atoms with Crippen molar-refractivity contribution in [1.29, 1.82) is 0 Å². The molecule has 1 aliphatic heterocycles. The fraction of sp³-hybridized carbons (Fsp3) is 0.238. The van der Waals surface area contributed by atoms with Crippen molar-refractivity contribution in [3.05, 3.63) is 77.7 Å². The zero-order chi connectivity index (χ0) is 21.4. The fourth-order valence-electron chi connectivity index (χ4n) is 4.02. The van der Waals surface area contributed by atoms with E-state index in [0.29, 0.717) is 24.3 Å². The zero-order valence-electron chi connectivity index (χ0n) is 16.6. The summed E-state index contributed by atoms with van der Waals surface area (Å²) in [5.41, 5.74) is 0.174. The van der Waals surface area contributed by atoms with Crippen LogP contribution in [-0.2, 0) is 16.6 Å². The van der Waals surface area contributed by atoms with Crippen LogP contribution < -0.4 is 5.56 Å². The lowest BCUT2D eigenvalue weighted by Crippen LogP contribution is -2.40. The monoisotopic (exact) mass is 436 g/mol. The van der Waals surface area contributed by atoms with Crippen LogP contribution in [0, 0.1) is 0 Å². The van der Waals surface area contributed by atoms with E-state index in [1.165, 1.54) is 15.1 Å². The first-order chi connectivity index (χ1) is 15.0. The Balaban J connectivity index is 1.49. The molecular weight excluding hydrogens is 416 g/mol. The van der Waals surface area contributed by atoms with Crippen LogP contribution in [0.25, 0.3) is 16.7 Å². The molecule has 4 heterocycles. The first kappa shape index (κ1) is 19.6. The van der Waals surface area contributed by atoms with E-state index >= 15 is 0 Å². The summed E-state index contributed by atoms with van der Waals surface area (Å²) in [6.45, 7) is 0.574. The highest BCUT2D eigenvalue weighted by atomic mass is 32.2. The highest BCUT2D eigenvalue weighted by Crippen LogP contribution is 2.30. The van der Waals surface area contributed by atoms with Crippen molar-refractivity contribution in [2.24, 2.45) is 0 Å². The Morgan fingerprint density at radius 1 is 1.06 bits per heavy atom. The second-order valence-electron chi connectivity index (χ2n) is 7.42. The molecule has 0 spiro atoms. The van der Waals surface area contributed by atoms with Crippen molar-refractivity contribution in [2.45, 2.75) is 30.3 Å². The first-order valence-electron chi connectivity index (χ1n) is 9.96. The quantitative estimate of drug-likeness (QED) is 0.473. The molecule has 0 radical (unpaired) electrons. The van der Waals surface area contributed by atoms with Crippen molar-refractivity contribution < 1.29 is 8.42 Å². The third-order valence-corrected chi connectivity index (χ3v) is 7.49. The average Bonchev–Trinajstić information content (AvgIpc) is 3.47. The number of hydrogen-bond acceptors (Lipinski definition) is 6. The van der Waals surface area contributed by atoms with E-state index in [2.05, 4.69) is 15.1 Å². The Morgan fingerprint density at radius 2 is 1.94 bits per heavy atom. The molecule has 9 nitrogen and oxygen atoms in total. The van der Waals surface area contributed by atoms with Crippen molar-refractivity contribution in [3.8, 4) is 5.82 Å². The molecule has 31 heavy (non-hydrogen) atoms. The van der Waals surface area contributed by atoms with Crippen molar-refractivity contribution in [1.82, 2.24) is 28.6 Å². The number of aromatic nitrogens is 5. The summed E-state index contributed by atoms with van der Waals surface area (Å²) >= 11 is 0. The molecule has 158 valence electrons. The molecule has 0 bridgehead atoms. The van der Waals surface area contributed by atoms with Gasteiger partial charge in [-0.15, -0.1) is 0 Å². The molecule has 0 aliphatic carbocycles. The summed E-state index contributed by atoms with van der Waals surface area (Å²) in [5, 5.41) is 5.18. The number of pyridine rings is 1. The number of imidazole rings is 1. The molecule has 0 saturated carbocycles. The second-order valence-corrected chi connectivity index (χ2v) is 9.28. The Hall–Kier alpha value is -3.37. The highest BCUT2D eigenvalue weighted by molar-refractivity contribution is 7.89. The molecule has 3 aromatic heterocycles. The smallest absolute Gasteiger partial charge is 0.266 e. The number of hydrogen-bond donors (Lipinski definition) is 0. The lowest BCUT2D eigenvalue weighted by atomic mass is 10.2. The maximum Gasteiger partial charge on any atom is 0.266 e. The van der Waals surface area contributed by atoms with E-state index in [9.17, 15) is 13.2 Å². The van der Waals surface area contributed by atoms with Gasteiger partial charge in [-0.3, -0.25) is 14.3 Å². The number of benzene rings is 1. The molecule has 5 rings (SSSR count). The van der Waals surface area contributed by atoms with Gasteiger partial charge in [0.25, 0.3) is 5.56 Å². The number of sulfonamides is 1. The van der Waals surface area contributed by atoms with Crippen molar-refractivity contribution in [2.75, 3.05) is 6.54 Å². The van der Waals surface area contributed by atoms with E-state index in [-0.39, 0.29) is 23.0 Å². The van der Waals surface area contributed by atoms with Gasteiger partial charge in [0.15, 0.2) is 5.82 Å². The Bertz CT molecular complexity index is 1390. The second kappa shape index (κ2) is 7.71. The van der Waals surface area contributed by atoms with Crippen LogP contribution in [0.4, 0.5) is 0 Å². The van der Waals surface area contributed by atoms with Gasteiger partial charge >= 0.3 is 0 Å². The standard InChI is InChI=1S/C21H20N6O3S/c28-20-9-8-19(25-13-11-22-15-25)24-26(20)14-17-6-3-12-27(17)31(29,30)18-7-1-4-16-5-2-10-23-21(16)18/h1-2,4-5,7-11,13,15,17H,3,6,12,14H2. The molecule has 1 aromatic carbocycles. The first-order valence-corrected chi connectivity index (χ1v) is 11.4. The molecule has 1 aliphatic rings. The minimum Gasteiger partial charge on any atom is -0.289 e. The van der Waals surface area contributed by atoms with E-state index in [0.717, 1.165) is 11.8 Å². The third-order valence-electron chi connectivity index (χ3n) is 5.51. The summed E-state index contributed by atoms with van der Waals surface area (Å²) in [6, 6.07) is 11.5. The summed E-state index contributed by atoms with van der Waals surface area (Å²) in [5.74, 6) is 0.544. The largest absolute Gasteiger partial charge is 0.289 e. The number of fused-ring (bicyclic) bond motifs is 1. The van der Waals surface area contributed by atoms with Gasteiger partial charge in [0.1, 0.15) is 11.2 Å². The summed E-state index contributed by atoms with van der Waals surface area (Å²) in [6.07, 6.45) is 7.92. The van der Waals surface area contributed by atoms with Gasteiger partial charge < -0.3 is 0 Å². The van der Waals surface area contributed by atoms with Gasteiger partial charge in [0.2, 0.25) is 10.0 Å².